The van der Waals surface area contributed by atoms with E-state index in [1.807, 2.05) is 0 Å². The summed E-state index contributed by atoms with van der Waals surface area (Å²) >= 11 is 0. The van der Waals surface area contributed by atoms with Crippen molar-refractivity contribution in [1.82, 2.24) is 4.90 Å². The standard InChI is InChI=1S/C13H20BFN2O3/c1-20-7-6-16-2-4-17(5-3-16)13-9-11(14(18)19)8-12(15)10-13/h8-10,18-19H,2-7H2,1H3. The minimum absolute atomic E-state index is 0.182. The fourth-order valence-corrected chi connectivity index (χ4v) is 2.38. The number of benzene rings is 1. The molecule has 1 heterocycles. The van der Waals surface area contributed by atoms with E-state index in [1.54, 1.807) is 13.2 Å². The van der Waals surface area contributed by atoms with Crippen LogP contribution in [0.5, 0.6) is 0 Å². The van der Waals surface area contributed by atoms with Gasteiger partial charge >= 0.3 is 7.12 Å². The smallest absolute Gasteiger partial charge is 0.423 e. The highest BCUT2D eigenvalue weighted by Crippen LogP contribution is 2.16. The Morgan fingerprint density at radius 1 is 1.20 bits per heavy atom. The molecule has 5 nitrogen and oxygen atoms in total. The van der Waals surface area contributed by atoms with Gasteiger partial charge in [-0.3, -0.25) is 4.90 Å². The molecule has 0 amide bonds. The van der Waals surface area contributed by atoms with Crippen LogP contribution >= 0.6 is 0 Å². The predicted molar refractivity (Wildman–Crippen MR) is 76.8 cm³/mol. The number of ether oxygens (including phenoxy) is 1. The Morgan fingerprint density at radius 3 is 2.50 bits per heavy atom. The number of nitrogens with zero attached hydrogens (tertiary/aromatic N) is 2. The van der Waals surface area contributed by atoms with Crippen LogP contribution < -0.4 is 10.4 Å². The molecule has 0 spiro atoms. The van der Waals surface area contributed by atoms with E-state index in [1.165, 1.54) is 6.07 Å². The number of piperazine rings is 1. The Morgan fingerprint density at radius 2 is 1.90 bits per heavy atom. The zero-order valence-corrected chi connectivity index (χ0v) is 11.6. The number of anilines is 1. The third-order valence-corrected chi connectivity index (χ3v) is 3.55. The summed E-state index contributed by atoms with van der Waals surface area (Å²) in [5.41, 5.74) is 0.876. The second-order valence-corrected chi connectivity index (χ2v) is 4.94. The van der Waals surface area contributed by atoms with Gasteiger partial charge in [-0.15, -0.1) is 0 Å². The van der Waals surface area contributed by atoms with Crippen molar-refractivity contribution < 1.29 is 19.2 Å². The van der Waals surface area contributed by atoms with E-state index in [-0.39, 0.29) is 5.46 Å². The van der Waals surface area contributed by atoms with Gasteiger partial charge in [-0.1, -0.05) is 0 Å². The van der Waals surface area contributed by atoms with Crippen LogP contribution in [0.3, 0.4) is 0 Å². The lowest BCUT2D eigenvalue weighted by Crippen LogP contribution is -2.47. The minimum Gasteiger partial charge on any atom is -0.423 e. The van der Waals surface area contributed by atoms with Crippen molar-refractivity contribution in [3.63, 3.8) is 0 Å². The van der Waals surface area contributed by atoms with Crippen molar-refractivity contribution >= 4 is 18.3 Å². The van der Waals surface area contributed by atoms with Crippen LogP contribution in [0.2, 0.25) is 0 Å². The van der Waals surface area contributed by atoms with E-state index in [0.29, 0.717) is 12.3 Å². The maximum atomic E-state index is 13.5. The second-order valence-electron chi connectivity index (χ2n) is 4.94. The van der Waals surface area contributed by atoms with Gasteiger partial charge in [-0.25, -0.2) is 4.39 Å². The van der Waals surface area contributed by atoms with E-state index >= 15 is 0 Å². The Labute approximate surface area is 118 Å². The zero-order valence-electron chi connectivity index (χ0n) is 11.6. The highest BCUT2D eigenvalue weighted by atomic mass is 19.1. The van der Waals surface area contributed by atoms with Gasteiger partial charge in [-0.05, 0) is 23.7 Å². The average Bonchev–Trinajstić information content (AvgIpc) is 2.45. The first-order valence-corrected chi connectivity index (χ1v) is 6.73. The maximum absolute atomic E-state index is 13.5. The van der Waals surface area contributed by atoms with Gasteiger partial charge in [0.2, 0.25) is 0 Å². The van der Waals surface area contributed by atoms with Gasteiger partial charge in [0, 0.05) is 45.5 Å². The van der Waals surface area contributed by atoms with Crippen molar-refractivity contribution in [3.05, 3.63) is 24.0 Å². The monoisotopic (exact) mass is 282 g/mol. The number of hydrogen-bond acceptors (Lipinski definition) is 5. The lowest BCUT2D eigenvalue weighted by atomic mass is 9.80. The molecule has 2 rings (SSSR count). The van der Waals surface area contributed by atoms with Crippen LogP contribution in [-0.4, -0.2) is 68.5 Å². The molecule has 1 aliphatic rings. The van der Waals surface area contributed by atoms with Crippen LogP contribution in [0.4, 0.5) is 10.1 Å². The molecule has 1 saturated heterocycles. The van der Waals surface area contributed by atoms with Crippen LogP contribution in [0.1, 0.15) is 0 Å². The van der Waals surface area contributed by atoms with Gasteiger partial charge < -0.3 is 19.7 Å². The summed E-state index contributed by atoms with van der Waals surface area (Å²) < 4.78 is 18.6. The normalized spacial score (nSPS) is 16.5. The zero-order chi connectivity index (χ0) is 14.5. The van der Waals surface area contributed by atoms with Gasteiger partial charge in [-0.2, -0.15) is 0 Å². The first-order valence-electron chi connectivity index (χ1n) is 6.73. The summed E-state index contributed by atoms with van der Waals surface area (Å²) in [6.07, 6.45) is 0. The highest BCUT2D eigenvalue weighted by molar-refractivity contribution is 6.58. The first kappa shape index (κ1) is 15.2. The number of halogens is 1. The summed E-state index contributed by atoms with van der Waals surface area (Å²) in [5, 5.41) is 18.3. The molecule has 1 aromatic carbocycles. The van der Waals surface area contributed by atoms with Crippen molar-refractivity contribution in [1.29, 1.82) is 0 Å². The molecule has 0 aromatic heterocycles. The molecular formula is C13H20BFN2O3. The molecule has 20 heavy (non-hydrogen) atoms. The van der Waals surface area contributed by atoms with E-state index in [0.717, 1.165) is 38.8 Å². The highest BCUT2D eigenvalue weighted by Gasteiger charge is 2.20. The van der Waals surface area contributed by atoms with Crippen molar-refractivity contribution in [2.24, 2.45) is 0 Å². The molecule has 0 atom stereocenters. The Balaban J connectivity index is 1.99. The third-order valence-electron chi connectivity index (χ3n) is 3.55. The largest absolute Gasteiger partial charge is 0.488 e. The van der Waals surface area contributed by atoms with Crippen LogP contribution in [0, 0.1) is 5.82 Å². The van der Waals surface area contributed by atoms with Gasteiger partial charge in [0.15, 0.2) is 0 Å². The van der Waals surface area contributed by atoms with Gasteiger partial charge in [0.25, 0.3) is 0 Å². The first-order chi connectivity index (χ1) is 9.60. The summed E-state index contributed by atoms with van der Waals surface area (Å²) in [7, 11) is 0.0394. The minimum atomic E-state index is -1.65. The number of methoxy groups -OCH3 is 1. The molecule has 1 aromatic rings. The molecular weight excluding hydrogens is 262 g/mol. The van der Waals surface area contributed by atoms with E-state index < -0.39 is 12.9 Å². The van der Waals surface area contributed by atoms with Crippen LogP contribution in [0.25, 0.3) is 0 Å². The summed E-state index contributed by atoms with van der Waals surface area (Å²) in [5.74, 6) is -0.451. The molecule has 1 aliphatic heterocycles. The topological polar surface area (TPSA) is 56.2 Å². The lowest BCUT2D eigenvalue weighted by Gasteiger charge is -2.36. The van der Waals surface area contributed by atoms with Crippen molar-refractivity contribution in [2.45, 2.75) is 0 Å². The van der Waals surface area contributed by atoms with Gasteiger partial charge in [0.1, 0.15) is 5.82 Å². The molecule has 0 aliphatic carbocycles. The molecule has 0 radical (unpaired) electrons. The molecule has 0 saturated carbocycles. The SMILES string of the molecule is COCCN1CCN(c2cc(F)cc(B(O)O)c2)CC1. The number of rotatable bonds is 5. The second kappa shape index (κ2) is 7.03. The molecule has 0 bridgehead atoms. The Kier molecular flexibility index (Phi) is 5.36. The van der Waals surface area contributed by atoms with Crippen LogP contribution in [-0.2, 0) is 4.74 Å². The number of hydrogen-bond donors (Lipinski definition) is 2. The summed E-state index contributed by atoms with van der Waals surface area (Å²) in [4.78, 5) is 4.35. The third kappa shape index (κ3) is 3.93. The van der Waals surface area contributed by atoms with Crippen molar-refractivity contribution in [3.8, 4) is 0 Å². The average molecular weight is 282 g/mol. The molecule has 110 valence electrons. The Hall–Kier alpha value is -1.15. The maximum Gasteiger partial charge on any atom is 0.488 e. The van der Waals surface area contributed by atoms with Crippen molar-refractivity contribution in [2.75, 3.05) is 51.3 Å². The summed E-state index contributed by atoms with van der Waals surface area (Å²) in [6, 6.07) is 4.19. The fourth-order valence-electron chi connectivity index (χ4n) is 2.38. The van der Waals surface area contributed by atoms with Crippen LogP contribution in [0.15, 0.2) is 18.2 Å². The lowest BCUT2D eigenvalue weighted by molar-refractivity contribution is 0.144. The quantitative estimate of drug-likeness (QED) is 0.698. The van der Waals surface area contributed by atoms with Gasteiger partial charge in [0.05, 0.1) is 6.61 Å². The molecule has 1 fully saturated rings. The molecule has 0 unspecified atom stereocenters. The summed E-state index contributed by atoms with van der Waals surface area (Å²) in [6.45, 7) is 4.95. The van der Waals surface area contributed by atoms with E-state index in [2.05, 4.69) is 9.80 Å². The Bertz CT molecular complexity index is 440. The van der Waals surface area contributed by atoms with E-state index in [9.17, 15) is 4.39 Å². The fraction of sp³-hybridized carbons (Fsp3) is 0.538. The predicted octanol–water partition coefficient (Wildman–Crippen LogP) is -0.726. The molecule has 2 N–H and O–H groups in total. The van der Waals surface area contributed by atoms with E-state index in [4.69, 9.17) is 14.8 Å². The molecule has 7 heteroatoms.